The second-order valence-corrected chi connectivity index (χ2v) is 4.22. The van der Waals surface area contributed by atoms with Gasteiger partial charge in [0.15, 0.2) is 0 Å². The first kappa shape index (κ1) is 12.6. The van der Waals surface area contributed by atoms with Crippen LogP contribution in [0.25, 0.3) is 0 Å². The van der Waals surface area contributed by atoms with E-state index in [0.29, 0.717) is 6.42 Å². The maximum Gasteiger partial charge on any atom is 0.391 e. The van der Waals surface area contributed by atoms with Crippen molar-refractivity contribution in [2.45, 2.75) is 37.9 Å². The molecule has 0 aromatic rings. The quantitative estimate of drug-likeness (QED) is 0.722. The third-order valence-corrected chi connectivity index (χ3v) is 3.27. The molecule has 1 rings (SSSR count). The van der Waals surface area contributed by atoms with Crippen molar-refractivity contribution in [1.29, 1.82) is 0 Å². The molecular weight excluding hydrogens is 203 g/mol. The van der Waals surface area contributed by atoms with Gasteiger partial charge in [0.05, 0.1) is 5.92 Å². The predicted molar refractivity (Wildman–Crippen MR) is 54.5 cm³/mol. The summed E-state index contributed by atoms with van der Waals surface area (Å²) in [5, 5.41) is 3.01. The molecule has 15 heavy (non-hydrogen) atoms. The summed E-state index contributed by atoms with van der Waals surface area (Å²) in [6, 6.07) is 0.00940. The molecule has 3 unspecified atom stereocenters. The van der Waals surface area contributed by atoms with Crippen molar-refractivity contribution in [1.82, 2.24) is 5.32 Å². The number of alkyl halides is 3. The van der Waals surface area contributed by atoms with E-state index in [4.69, 9.17) is 0 Å². The minimum atomic E-state index is -4.03. The Morgan fingerprint density at radius 1 is 1.40 bits per heavy atom. The Kier molecular flexibility index (Phi) is 4.20. The first-order valence-corrected chi connectivity index (χ1v) is 5.35. The van der Waals surface area contributed by atoms with E-state index < -0.39 is 12.1 Å². The van der Waals surface area contributed by atoms with Crippen LogP contribution in [0.5, 0.6) is 0 Å². The van der Waals surface area contributed by atoms with Crippen LogP contribution in [0.1, 0.15) is 25.7 Å². The molecule has 0 radical (unpaired) electrons. The average Bonchev–Trinajstić information content (AvgIpc) is 2.19. The van der Waals surface area contributed by atoms with E-state index in [9.17, 15) is 13.2 Å². The van der Waals surface area contributed by atoms with Crippen LogP contribution in [0.4, 0.5) is 13.2 Å². The fraction of sp³-hybridized carbons (Fsp3) is 0.818. The van der Waals surface area contributed by atoms with E-state index in [1.165, 1.54) is 0 Å². The smallest absolute Gasteiger partial charge is 0.313 e. The van der Waals surface area contributed by atoms with Gasteiger partial charge in [0.1, 0.15) is 0 Å². The second kappa shape index (κ2) is 5.01. The number of hydrogen-bond donors (Lipinski definition) is 1. The first-order chi connectivity index (χ1) is 6.99. The maximum atomic E-state index is 12.5. The lowest BCUT2D eigenvalue weighted by Crippen LogP contribution is -2.38. The topological polar surface area (TPSA) is 12.0 Å². The van der Waals surface area contributed by atoms with Crippen LogP contribution in [0.2, 0.25) is 0 Å². The van der Waals surface area contributed by atoms with Crippen LogP contribution >= 0.6 is 0 Å². The fourth-order valence-corrected chi connectivity index (χ4v) is 2.40. The summed E-state index contributed by atoms with van der Waals surface area (Å²) in [7, 11) is 1.77. The fourth-order valence-electron chi connectivity index (χ4n) is 2.40. The van der Waals surface area contributed by atoms with Gasteiger partial charge in [0, 0.05) is 6.04 Å². The van der Waals surface area contributed by atoms with Gasteiger partial charge in [-0.25, -0.2) is 0 Å². The molecule has 0 heterocycles. The Morgan fingerprint density at radius 3 is 2.53 bits per heavy atom. The molecule has 1 fully saturated rings. The Bertz CT molecular complexity index is 212. The summed E-state index contributed by atoms with van der Waals surface area (Å²) in [6.07, 6.45) is -0.263. The molecule has 3 atom stereocenters. The highest BCUT2D eigenvalue weighted by Gasteiger charge is 2.42. The molecule has 0 bridgehead atoms. The molecule has 1 aliphatic carbocycles. The summed E-state index contributed by atoms with van der Waals surface area (Å²) in [5.41, 5.74) is 0. The standard InChI is InChI=1S/C11H18F3N/c1-3-10(15-2)8-5-4-6-9(7-8)11(12,13)14/h3,8-10,15H,1,4-7H2,2H3. The normalized spacial score (nSPS) is 29.9. The molecule has 0 spiro atoms. The molecule has 1 aliphatic rings. The van der Waals surface area contributed by atoms with Gasteiger partial charge in [0.25, 0.3) is 0 Å². The Hall–Kier alpha value is -0.510. The summed E-state index contributed by atoms with van der Waals surface area (Å²) < 4.78 is 37.6. The summed E-state index contributed by atoms with van der Waals surface area (Å²) in [5.74, 6) is -1.04. The van der Waals surface area contributed by atoms with Gasteiger partial charge in [-0.05, 0) is 32.2 Å². The second-order valence-electron chi connectivity index (χ2n) is 4.22. The molecule has 4 heteroatoms. The lowest BCUT2D eigenvalue weighted by Gasteiger charge is -2.34. The van der Waals surface area contributed by atoms with Crippen LogP contribution in [-0.2, 0) is 0 Å². The van der Waals surface area contributed by atoms with Gasteiger partial charge < -0.3 is 5.32 Å². The maximum absolute atomic E-state index is 12.5. The third-order valence-electron chi connectivity index (χ3n) is 3.27. The molecule has 0 aromatic heterocycles. The average molecular weight is 221 g/mol. The predicted octanol–water partition coefficient (Wildman–Crippen LogP) is 3.13. The van der Waals surface area contributed by atoms with Gasteiger partial charge in [-0.2, -0.15) is 13.2 Å². The minimum Gasteiger partial charge on any atom is -0.313 e. The Labute approximate surface area is 88.7 Å². The number of nitrogens with one attached hydrogen (secondary N) is 1. The molecule has 88 valence electrons. The van der Waals surface area contributed by atoms with Gasteiger partial charge in [-0.1, -0.05) is 12.5 Å². The molecule has 0 aliphatic heterocycles. The number of halogens is 3. The van der Waals surface area contributed by atoms with Crippen molar-refractivity contribution in [2.24, 2.45) is 11.8 Å². The van der Waals surface area contributed by atoms with E-state index in [-0.39, 0.29) is 24.8 Å². The van der Waals surface area contributed by atoms with E-state index in [1.54, 1.807) is 13.1 Å². The lowest BCUT2D eigenvalue weighted by atomic mass is 9.77. The van der Waals surface area contributed by atoms with Crippen molar-refractivity contribution < 1.29 is 13.2 Å². The van der Waals surface area contributed by atoms with Crippen molar-refractivity contribution in [3.05, 3.63) is 12.7 Å². The van der Waals surface area contributed by atoms with Gasteiger partial charge in [-0.15, -0.1) is 6.58 Å². The molecule has 1 nitrogen and oxygen atoms in total. The zero-order valence-electron chi connectivity index (χ0n) is 8.98. The van der Waals surface area contributed by atoms with Crippen molar-refractivity contribution in [3.63, 3.8) is 0 Å². The van der Waals surface area contributed by atoms with E-state index in [0.717, 1.165) is 6.42 Å². The van der Waals surface area contributed by atoms with Crippen LogP contribution in [0.3, 0.4) is 0 Å². The van der Waals surface area contributed by atoms with Gasteiger partial charge in [0.2, 0.25) is 0 Å². The first-order valence-electron chi connectivity index (χ1n) is 5.35. The molecule has 0 amide bonds. The highest BCUT2D eigenvalue weighted by atomic mass is 19.4. The van der Waals surface area contributed by atoms with E-state index in [2.05, 4.69) is 11.9 Å². The third kappa shape index (κ3) is 3.23. The highest BCUT2D eigenvalue weighted by molar-refractivity contribution is 4.93. The van der Waals surface area contributed by atoms with Crippen LogP contribution in [-0.4, -0.2) is 19.3 Å². The molecule has 0 saturated heterocycles. The molecule has 1 N–H and O–H groups in total. The largest absolute Gasteiger partial charge is 0.391 e. The lowest BCUT2D eigenvalue weighted by molar-refractivity contribution is -0.186. The molecule has 0 aromatic carbocycles. The zero-order valence-corrected chi connectivity index (χ0v) is 8.98. The summed E-state index contributed by atoms with van der Waals surface area (Å²) >= 11 is 0. The number of hydrogen-bond acceptors (Lipinski definition) is 1. The molecular formula is C11H18F3N. The van der Waals surface area contributed by atoms with Crippen LogP contribution in [0, 0.1) is 11.8 Å². The Balaban J connectivity index is 2.59. The van der Waals surface area contributed by atoms with Crippen molar-refractivity contribution in [2.75, 3.05) is 7.05 Å². The molecule has 1 saturated carbocycles. The SMILES string of the molecule is C=CC(NC)C1CCCC(C(F)(F)F)C1. The highest BCUT2D eigenvalue weighted by Crippen LogP contribution is 2.40. The number of likely N-dealkylation sites (N-methyl/N-ethyl adjacent to an activating group) is 1. The monoisotopic (exact) mass is 221 g/mol. The number of rotatable bonds is 3. The van der Waals surface area contributed by atoms with Crippen molar-refractivity contribution >= 4 is 0 Å². The summed E-state index contributed by atoms with van der Waals surface area (Å²) in [4.78, 5) is 0. The van der Waals surface area contributed by atoms with Crippen molar-refractivity contribution in [3.8, 4) is 0 Å². The minimum absolute atomic E-state index is 0.00940. The summed E-state index contributed by atoms with van der Waals surface area (Å²) in [6.45, 7) is 3.65. The van der Waals surface area contributed by atoms with E-state index >= 15 is 0 Å². The van der Waals surface area contributed by atoms with Crippen LogP contribution < -0.4 is 5.32 Å². The van der Waals surface area contributed by atoms with Gasteiger partial charge in [-0.3, -0.25) is 0 Å². The van der Waals surface area contributed by atoms with E-state index in [1.807, 2.05) is 0 Å². The zero-order chi connectivity index (χ0) is 11.5. The Morgan fingerprint density at radius 2 is 2.07 bits per heavy atom. The van der Waals surface area contributed by atoms with Crippen LogP contribution in [0.15, 0.2) is 12.7 Å². The van der Waals surface area contributed by atoms with Gasteiger partial charge >= 0.3 is 6.18 Å².